The fourth-order valence-electron chi connectivity index (χ4n) is 2.18. The maximum absolute atomic E-state index is 12.8. The van der Waals surface area contributed by atoms with E-state index in [1.807, 2.05) is 0 Å². The maximum atomic E-state index is 12.8. The Bertz CT molecular complexity index is 498. The molecule has 2 heteroatoms. The lowest BCUT2D eigenvalue weighted by atomic mass is 9.81. The van der Waals surface area contributed by atoms with Crippen LogP contribution in [0.4, 0.5) is 0 Å². The van der Waals surface area contributed by atoms with Crippen LogP contribution in [-0.2, 0) is 16.4 Å². The minimum atomic E-state index is -0.135. The zero-order valence-corrected chi connectivity index (χ0v) is 14.7. The molecule has 0 N–H and O–H groups in total. The summed E-state index contributed by atoms with van der Waals surface area (Å²) in [5, 5.41) is 0. The number of hydrogen-bond donors (Lipinski definition) is 0. The van der Waals surface area contributed by atoms with Crippen LogP contribution in [0.2, 0.25) is 0 Å². The predicted octanol–water partition coefficient (Wildman–Crippen LogP) is 4.59. The summed E-state index contributed by atoms with van der Waals surface area (Å²) in [7, 11) is 0. The van der Waals surface area contributed by atoms with Gasteiger partial charge in [0.05, 0.1) is 0 Å². The van der Waals surface area contributed by atoms with Gasteiger partial charge in [-0.15, -0.1) is 0 Å². The minimum Gasteiger partial charge on any atom is -0.348 e. The molecule has 0 saturated carbocycles. The molecule has 0 unspecified atom stereocenters. The van der Waals surface area contributed by atoms with Crippen molar-refractivity contribution in [2.45, 2.75) is 85.1 Å². The first-order valence-corrected chi connectivity index (χ1v) is 7.58. The van der Waals surface area contributed by atoms with Crippen LogP contribution in [0, 0.1) is 0 Å². The summed E-state index contributed by atoms with van der Waals surface area (Å²) in [6, 6.07) is 0. The highest BCUT2D eigenvalue weighted by molar-refractivity contribution is 5.30. The van der Waals surface area contributed by atoms with Crippen LogP contribution in [0.1, 0.15) is 79.9 Å². The SMILES string of the molecule is CCC(C)(C)n1cc(C(C)(C)C)c(=O)c(C(C)(C)C)c1. The van der Waals surface area contributed by atoms with Gasteiger partial charge in [0.25, 0.3) is 0 Å². The smallest absolute Gasteiger partial charge is 0.188 e. The van der Waals surface area contributed by atoms with Gasteiger partial charge >= 0.3 is 0 Å². The van der Waals surface area contributed by atoms with Crippen LogP contribution in [0.15, 0.2) is 17.2 Å². The predicted molar refractivity (Wildman–Crippen MR) is 87.7 cm³/mol. The molecule has 0 aliphatic carbocycles. The Labute approximate surface area is 124 Å². The van der Waals surface area contributed by atoms with Crippen molar-refractivity contribution in [2.24, 2.45) is 0 Å². The molecule has 20 heavy (non-hydrogen) atoms. The normalized spacial score (nSPS) is 13.7. The van der Waals surface area contributed by atoms with E-state index in [2.05, 4.69) is 79.3 Å². The summed E-state index contributed by atoms with van der Waals surface area (Å²) in [6.45, 7) is 19.3. The molecule has 1 rings (SSSR count). The van der Waals surface area contributed by atoms with E-state index in [9.17, 15) is 4.79 Å². The highest BCUT2D eigenvalue weighted by atomic mass is 16.1. The third-order valence-electron chi connectivity index (χ3n) is 4.21. The van der Waals surface area contributed by atoms with E-state index < -0.39 is 0 Å². The monoisotopic (exact) mass is 277 g/mol. The van der Waals surface area contributed by atoms with Crippen LogP contribution in [0.5, 0.6) is 0 Å². The van der Waals surface area contributed by atoms with E-state index >= 15 is 0 Å². The molecular formula is C18H31NO. The van der Waals surface area contributed by atoms with Gasteiger partial charge in [-0.3, -0.25) is 4.79 Å². The van der Waals surface area contributed by atoms with Crippen molar-refractivity contribution in [3.8, 4) is 0 Å². The first-order chi connectivity index (χ1) is 8.80. The zero-order chi connectivity index (χ0) is 15.9. The largest absolute Gasteiger partial charge is 0.348 e. The quantitative estimate of drug-likeness (QED) is 0.775. The van der Waals surface area contributed by atoms with Crippen LogP contribution < -0.4 is 5.43 Å². The lowest BCUT2D eigenvalue weighted by molar-refractivity contribution is 0.333. The van der Waals surface area contributed by atoms with Crippen LogP contribution in [0.3, 0.4) is 0 Å². The third kappa shape index (κ3) is 3.34. The number of hydrogen-bond acceptors (Lipinski definition) is 1. The molecule has 0 aliphatic heterocycles. The zero-order valence-electron chi connectivity index (χ0n) is 14.7. The van der Waals surface area contributed by atoms with E-state index in [-0.39, 0.29) is 21.8 Å². The number of rotatable bonds is 2. The highest BCUT2D eigenvalue weighted by Gasteiger charge is 2.28. The molecule has 0 bridgehead atoms. The van der Waals surface area contributed by atoms with E-state index in [4.69, 9.17) is 0 Å². The molecule has 0 spiro atoms. The number of aromatic nitrogens is 1. The molecule has 0 radical (unpaired) electrons. The molecule has 114 valence electrons. The fourth-order valence-corrected chi connectivity index (χ4v) is 2.18. The van der Waals surface area contributed by atoms with Crippen molar-refractivity contribution < 1.29 is 0 Å². The van der Waals surface area contributed by atoms with Crippen LogP contribution in [-0.4, -0.2) is 4.57 Å². The molecule has 1 heterocycles. The summed E-state index contributed by atoms with van der Waals surface area (Å²) in [4.78, 5) is 12.8. The Morgan fingerprint density at radius 2 is 1.20 bits per heavy atom. The third-order valence-corrected chi connectivity index (χ3v) is 4.21. The van der Waals surface area contributed by atoms with Crippen molar-refractivity contribution in [2.75, 3.05) is 0 Å². The molecule has 1 aromatic rings. The first kappa shape index (κ1) is 17.0. The maximum Gasteiger partial charge on any atom is 0.188 e. The molecule has 0 aliphatic rings. The van der Waals surface area contributed by atoms with Crippen molar-refractivity contribution in [3.63, 3.8) is 0 Å². The molecule has 0 atom stereocenters. The Hall–Kier alpha value is -1.05. The minimum absolute atomic E-state index is 0.0215. The average Bonchev–Trinajstić information content (AvgIpc) is 2.25. The van der Waals surface area contributed by atoms with Crippen molar-refractivity contribution >= 4 is 0 Å². The van der Waals surface area contributed by atoms with Gasteiger partial charge in [-0.2, -0.15) is 0 Å². The molecule has 0 saturated heterocycles. The van der Waals surface area contributed by atoms with Crippen molar-refractivity contribution in [1.82, 2.24) is 4.57 Å². The second-order valence-electron chi connectivity index (χ2n) is 8.49. The van der Waals surface area contributed by atoms with Gasteiger partial charge < -0.3 is 4.57 Å². The summed E-state index contributed by atoms with van der Waals surface area (Å²) in [6.07, 6.45) is 5.14. The molecular weight excluding hydrogens is 246 g/mol. The Morgan fingerprint density at radius 3 is 1.45 bits per heavy atom. The van der Waals surface area contributed by atoms with Crippen LogP contribution in [0.25, 0.3) is 0 Å². The average molecular weight is 277 g/mol. The molecule has 1 aromatic heterocycles. The van der Waals surface area contributed by atoms with Gasteiger partial charge in [-0.1, -0.05) is 48.5 Å². The lowest BCUT2D eigenvalue weighted by Crippen LogP contribution is -2.35. The van der Waals surface area contributed by atoms with Crippen molar-refractivity contribution in [1.29, 1.82) is 0 Å². The first-order valence-electron chi connectivity index (χ1n) is 7.58. The van der Waals surface area contributed by atoms with Crippen LogP contribution >= 0.6 is 0 Å². The molecule has 0 aromatic carbocycles. The molecule has 2 nitrogen and oxygen atoms in total. The van der Waals surface area contributed by atoms with Gasteiger partial charge in [-0.25, -0.2) is 0 Å². The lowest BCUT2D eigenvalue weighted by Gasteiger charge is -2.32. The second-order valence-corrected chi connectivity index (χ2v) is 8.49. The Kier molecular flexibility index (Phi) is 4.29. The van der Waals surface area contributed by atoms with E-state index in [0.717, 1.165) is 17.5 Å². The van der Waals surface area contributed by atoms with Gasteiger partial charge in [0.1, 0.15) is 0 Å². The summed E-state index contributed by atoms with van der Waals surface area (Å²) >= 11 is 0. The molecule has 0 amide bonds. The topological polar surface area (TPSA) is 22.0 Å². The summed E-state index contributed by atoms with van der Waals surface area (Å²) in [5.41, 5.74) is 1.77. The number of nitrogens with zero attached hydrogens (tertiary/aromatic N) is 1. The van der Waals surface area contributed by atoms with E-state index in [0.29, 0.717) is 0 Å². The van der Waals surface area contributed by atoms with Gasteiger partial charge in [0.2, 0.25) is 0 Å². The second kappa shape index (κ2) is 5.05. The standard InChI is InChI=1S/C18H31NO/c1-10-18(8,9)19-11-13(16(2,3)4)15(20)14(12-19)17(5,6)7/h11-12H,10H2,1-9H3. The van der Waals surface area contributed by atoms with E-state index in [1.165, 1.54) is 0 Å². The molecule has 0 fully saturated rings. The summed E-state index contributed by atoms with van der Waals surface area (Å²) in [5.74, 6) is 0. The Balaban J connectivity index is 3.73. The van der Waals surface area contributed by atoms with Gasteiger partial charge in [-0.05, 0) is 31.1 Å². The van der Waals surface area contributed by atoms with Crippen molar-refractivity contribution in [3.05, 3.63) is 33.7 Å². The Morgan fingerprint density at radius 1 is 0.850 bits per heavy atom. The van der Waals surface area contributed by atoms with E-state index in [1.54, 1.807) is 0 Å². The van der Waals surface area contributed by atoms with Gasteiger partial charge in [0.15, 0.2) is 5.43 Å². The fraction of sp³-hybridized carbons (Fsp3) is 0.722. The number of pyridine rings is 1. The highest BCUT2D eigenvalue weighted by Crippen LogP contribution is 2.28. The summed E-state index contributed by atoms with van der Waals surface area (Å²) < 4.78 is 2.23. The van der Waals surface area contributed by atoms with Gasteiger partial charge in [0, 0.05) is 29.1 Å².